The molecule has 18 heavy (non-hydrogen) atoms. The lowest BCUT2D eigenvalue weighted by Gasteiger charge is -2.61. The van der Waals surface area contributed by atoms with Gasteiger partial charge in [-0.25, -0.2) is 0 Å². The van der Waals surface area contributed by atoms with Crippen molar-refractivity contribution < 1.29 is 9.47 Å². The van der Waals surface area contributed by atoms with Crippen molar-refractivity contribution in [2.24, 2.45) is 5.92 Å². The molecule has 1 aliphatic carbocycles. The van der Waals surface area contributed by atoms with Gasteiger partial charge >= 0.3 is 0 Å². The normalized spacial score (nSPS) is 37.1. The van der Waals surface area contributed by atoms with Crippen LogP contribution in [0.5, 0.6) is 0 Å². The Morgan fingerprint density at radius 2 is 1.89 bits per heavy atom. The number of hydrogen-bond acceptors (Lipinski definition) is 2. The van der Waals surface area contributed by atoms with Crippen molar-refractivity contribution in [1.82, 2.24) is 0 Å². The Balaban J connectivity index is 1.62. The molecular formula is C16H22O2. The summed E-state index contributed by atoms with van der Waals surface area (Å²) in [4.78, 5) is 0. The summed E-state index contributed by atoms with van der Waals surface area (Å²) in [6.45, 7) is 7.26. The van der Waals surface area contributed by atoms with E-state index in [1.807, 2.05) is 6.07 Å². The second kappa shape index (κ2) is 4.07. The van der Waals surface area contributed by atoms with Crippen LogP contribution in [0.25, 0.3) is 0 Å². The standard InChI is InChI=1S/C16H22O2/c1-15(2)9-13-10-16(3,18-15)14(13)17-11-12-7-5-4-6-8-12/h4-8,13-14H,9-11H2,1-3H3. The Kier molecular flexibility index (Phi) is 2.76. The number of rotatable bonds is 3. The van der Waals surface area contributed by atoms with Crippen LogP contribution >= 0.6 is 0 Å². The lowest BCUT2D eigenvalue weighted by Crippen LogP contribution is -2.67. The van der Waals surface area contributed by atoms with Crippen LogP contribution in [-0.2, 0) is 16.1 Å². The Hall–Kier alpha value is -0.860. The average molecular weight is 246 g/mol. The maximum Gasteiger partial charge on any atom is 0.0928 e. The smallest absolute Gasteiger partial charge is 0.0928 e. The van der Waals surface area contributed by atoms with E-state index >= 15 is 0 Å². The molecule has 3 fully saturated rings. The molecule has 0 amide bonds. The molecule has 2 bridgehead atoms. The molecule has 0 N–H and O–H groups in total. The molecule has 2 nitrogen and oxygen atoms in total. The highest BCUT2D eigenvalue weighted by Crippen LogP contribution is 2.54. The summed E-state index contributed by atoms with van der Waals surface area (Å²) in [5.41, 5.74) is 1.19. The van der Waals surface area contributed by atoms with E-state index in [1.54, 1.807) is 0 Å². The molecular weight excluding hydrogens is 224 g/mol. The third-order valence-electron chi connectivity index (χ3n) is 4.23. The van der Waals surface area contributed by atoms with E-state index in [0.717, 1.165) is 12.8 Å². The van der Waals surface area contributed by atoms with Crippen LogP contribution in [0.3, 0.4) is 0 Å². The summed E-state index contributed by atoms with van der Waals surface area (Å²) in [5, 5.41) is 0. The summed E-state index contributed by atoms with van der Waals surface area (Å²) in [5.74, 6) is 0.669. The molecule has 3 atom stereocenters. The Labute approximate surface area is 109 Å². The third-order valence-corrected chi connectivity index (χ3v) is 4.23. The van der Waals surface area contributed by atoms with Crippen LogP contribution in [0, 0.1) is 5.92 Å². The molecule has 3 aliphatic rings. The van der Waals surface area contributed by atoms with Crippen LogP contribution in [0.15, 0.2) is 30.3 Å². The zero-order valence-corrected chi connectivity index (χ0v) is 11.5. The first kappa shape index (κ1) is 12.2. The first-order valence-electron chi connectivity index (χ1n) is 6.84. The van der Waals surface area contributed by atoms with Crippen LogP contribution in [-0.4, -0.2) is 17.3 Å². The maximum absolute atomic E-state index is 6.20. The van der Waals surface area contributed by atoms with Gasteiger partial charge in [0.05, 0.1) is 23.9 Å². The summed E-state index contributed by atoms with van der Waals surface area (Å²) < 4.78 is 12.3. The van der Waals surface area contributed by atoms with Crippen molar-refractivity contribution in [3.8, 4) is 0 Å². The van der Waals surface area contributed by atoms with Gasteiger partial charge in [-0.2, -0.15) is 0 Å². The van der Waals surface area contributed by atoms with E-state index in [0.29, 0.717) is 12.5 Å². The number of ether oxygens (including phenoxy) is 2. The highest BCUT2D eigenvalue weighted by Gasteiger charge is 2.60. The van der Waals surface area contributed by atoms with Crippen molar-refractivity contribution >= 4 is 0 Å². The topological polar surface area (TPSA) is 18.5 Å². The monoisotopic (exact) mass is 246 g/mol. The summed E-state index contributed by atoms with van der Waals surface area (Å²) in [6, 6.07) is 10.4. The number of benzene rings is 1. The Morgan fingerprint density at radius 1 is 1.17 bits per heavy atom. The largest absolute Gasteiger partial charge is 0.370 e. The fourth-order valence-electron chi connectivity index (χ4n) is 3.74. The van der Waals surface area contributed by atoms with Gasteiger partial charge in [0.25, 0.3) is 0 Å². The fourth-order valence-corrected chi connectivity index (χ4v) is 3.74. The minimum Gasteiger partial charge on any atom is -0.370 e. The molecule has 2 aliphatic heterocycles. The average Bonchev–Trinajstić information content (AvgIpc) is 2.27. The Morgan fingerprint density at radius 3 is 2.56 bits per heavy atom. The van der Waals surface area contributed by atoms with E-state index < -0.39 is 0 Å². The first-order chi connectivity index (χ1) is 8.49. The van der Waals surface area contributed by atoms with Gasteiger partial charge in [0.1, 0.15) is 0 Å². The molecule has 0 radical (unpaired) electrons. The van der Waals surface area contributed by atoms with E-state index in [9.17, 15) is 0 Å². The van der Waals surface area contributed by atoms with Gasteiger partial charge in [-0.1, -0.05) is 30.3 Å². The predicted octanol–water partition coefficient (Wildman–Crippen LogP) is 3.55. The van der Waals surface area contributed by atoms with Gasteiger partial charge < -0.3 is 9.47 Å². The molecule has 2 heterocycles. The molecule has 98 valence electrons. The van der Waals surface area contributed by atoms with Crippen molar-refractivity contribution in [3.63, 3.8) is 0 Å². The van der Waals surface area contributed by atoms with Gasteiger partial charge in [-0.3, -0.25) is 0 Å². The van der Waals surface area contributed by atoms with Crippen LogP contribution in [0.2, 0.25) is 0 Å². The van der Waals surface area contributed by atoms with E-state index in [1.165, 1.54) is 5.56 Å². The third kappa shape index (κ3) is 2.08. The highest BCUT2D eigenvalue weighted by atomic mass is 16.6. The zero-order valence-electron chi connectivity index (χ0n) is 11.5. The predicted molar refractivity (Wildman–Crippen MR) is 71.3 cm³/mol. The zero-order chi connectivity index (χ0) is 12.8. The molecule has 2 heteroatoms. The lowest BCUT2D eigenvalue weighted by atomic mass is 9.62. The second-order valence-electron chi connectivity index (χ2n) is 6.56. The second-order valence-corrected chi connectivity index (χ2v) is 6.56. The van der Waals surface area contributed by atoms with Crippen molar-refractivity contribution in [2.45, 2.75) is 57.5 Å². The number of fused-ring (bicyclic) bond motifs is 2. The van der Waals surface area contributed by atoms with Crippen LogP contribution in [0.1, 0.15) is 39.2 Å². The minimum absolute atomic E-state index is 0.0181. The molecule has 3 unspecified atom stereocenters. The van der Waals surface area contributed by atoms with E-state index in [-0.39, 0.29) is 17.3 Å². The Bertz CT molecular complexity index is 426. The summed E-state index contributed by atoms with van der Waals surface area (Å²) in [6.07, 6.45) is 2.53. The lowest BCUT2D eigenvalue weighted by molar-refractivity contribution is -0.317. The van der Waals surface area contributed by atoms with Gasteiger partial charge in [-0.05, 0) is 45.1 Å². The van der Waals surface area contributed by atoms with Crippen LogP contribution < -0.4 is 0 Å². The van der Waals surface area contributed by atoms with E-state index in [2.05, 4.69) is 45.0 Å². The highest BCUT2D eigenvalue weighted by molar-refractivity contribution is 5.14. The van der Waals surface area contributed by atoms with E-state index in [4.69, 9.17) is 9.47 Å². The molecule has 1 aromatic carbocycles. The van der Waals surface area contributed by atoms with Gasteiger partial charge in [0, 0.05) is 0 Å². The molecule has 0 aromatic heterocycles. The van der Waals surface area contributed by atoms with Gasteiger partial charge in [0.2, 0.25) is 0 Å². The molecule has 1 saturated carbocycles. The molecule has 4 rings (SSSR count). The van der Waals surface area contributed by atoms with Crippen molar-refractivity contribution in [1.29, 1.82) is 0 Å². The summed E-state index contributed by atoms with van der Waals surface area (Å²) >= 11 is 0. The maximum atomic E-state index is 6.20. The molecule has 0 spiro atoms. The SMILES string of the molecule is CC1(C)CC2CC(C)(O1)C2OCc1ccccc1. The summed E-state index contributed by atoms with van der Waals surface area (Å²) in [7, 11) is 0. The van der Waals surface area contributed by atoms with Crippen molar-refractivity contribution in [2.75, 3.05) is 0 Å². The van der Waals surface area contributed by atoms with Gasteiger partial charge in [-0.15, -0.1) is 0 Å². The fraction of sp³-hybridized carbons (Fsp3) is 0.625. The van der Waals surface area contributed by atoms with Crippen molar-refractivity contribution in [3.05, 3.63) is 35.9 Å². The number of hydrogen-bond donors (Lipinski definition) is 0. The quantitative estimate of drug-likeness (QED) is 0.812. The molecule has 1 aromatic rings. The first-order valence-corrected chi connectivity index (χ1v) is 6.84. The molecule has 2 saturated heterocycles. The van der Waals surface area contributed by atoms with Gasteiger partial charge in [0.15, 0.2) is 0 Å². The van der Waals surface area contributed by atoms with Crippen LogP contribution in [0.4, 0.5) is 0 Å². The minimum atomic E-state index is -0.0683.